The fraction of sp³-hybridized carbons (Fsp3) is 0.556. The van der Waals surface area contributed by atoms with Crippen LogP contribution in [0.25, 0.3) is 9.88 Å². The van der Waals surface area contributed by atoms with E-state index in [1.54, 1.807) is 11.3 Å². The van der Waals surface area contributed by atoms with Crippen LogP contribution in [0.3, 0.4) is 0 Å². The molecule has 0 radical (unpaired) electrons. The van der Waals surface area contributed by atoms with E-state index in [9.17, 15) is 4.79 Å². The largest absolute Gasteiger partial charge is 0.381 e. The van der Waals surface area contributed by atoms with Gasteiger partial charge in [0.25, 0.3) is 5.91 Å². The predicted molar refractivity (Wildman–Crippen MR) is 101 cm³/mol. The van der Waals surface area contributed by atoms with Crippen molar-refractivity contribution in [2.75, 3.05) is 45.9 Å². The molecule has 2 aliphatic rings. The molecule has 2 saturated heterocycles. The van der Waals surface area contributed by atoms with E-state index < -0.39 is 0 Å². The number of hydrogen-bond donors (Lipinski definition) is 0. The van der Waals surface area contributed by atoms with Gasteiger partial charge in [-0.25, -0.2) is 4.98 Å². The molecule has 25 heavy (non-hydrogen) atoms. The Labute approximate surface area is 156 Å². The molecule has 0 spiro atoms. The van der Waals surface area contributed by atoms with Crippen LogP contribution in [0.15, 0.2) is 17.5 Å². The van der Waals surface area contributed by atoms with Crippen molar-refractivity contribution < 1.29 is 9.53 Å². The minimum Gasteiger partial charge on any atom is -0.381 e. The van der Waals surface area contributed by atoms with Gasteiger partial charge in [-0.05, 0) is 30.7 Å². The first kappa shape index (κ1) is 17.1. The summed E-state index contributed by atoms with van der Waals surface area (Å²) in [5.41, 5.74) is 0.851. The molecule has 4 rings (SSSR count). The molecule has 5 nitrogen and oxygen atoms in total. The lowest BCUT2D eigenvalue weighted by atomic mass is 10.1. The highest BCUT2D eigenvalue weighted by molar-refractivity contribution is 7.22. The molecule has 2 fully saturated rings. The molecule has 1 unspecified atom stereocenters. The molecular formula is C18H23N3O2S2. The van der Waals surface area contributed by atoms with Crippen LogP contribution in [0.5, 0.6) is 0 Å². The molecule has 1 atom stereocenters. The Morgan fingerprint density at radius 3 is 2.88 bits per heavy atom. The van der Waals surface area contributed by atoms with Crippen molar-refractivity contribution in [3.63, 3.8) is 0 Å². The van der Waals surface area contributed by atoms with E-state index in [0.29, 0.717) is 5.92 Å². The first-order valence-corrected chi connectivity index (χ1v) is 10.5. The molecule has 7 heteroatoms. The zero-order valence-electron chi connectivity index (χ0n) is 14.4. The predicted octanol–water partition coefficient (Wildman–Crippen LogP) is 2.97. The van der Waals surface area contributed by atoms with Gasteiger partial charge in [-0.2, -0.15) is 0 Å². The van der Waals surface area contributed by atoms with Crippen molar-refractivity contribution in [3.8, 4) is 9.88 Å². The zero-order valence-corrected chi connectivity index (χ0v) is 16.1. The maximum Gasteiger partial charge on any atom is 0.265 e. The van der Waals surface area contributed by atoms with Crippen molar-refractivity contribution in [2.24, 2.45) is 5.92 Å². The Balaban J connectivity index is 1.37. The van der Waals surface area contributed by atoms with Crippen LogP contribution in [0.1, 0.15) is 21.8 Å². The van der Waals surface area contributed by atoms with E-state index in [-0.39, 0.29) is 5.91 Å². The monoisotopic (exact) mass is 377 g/mol. The van der Waals surface area contributed by atoms with Crippen LogP contribution in [-0.4, -0.2) is 66.6 Å². The first-order chi connectivity index (χ1) is 12.2. The number of amides is 1. The van der Waals surface area contributed by atoms with Crippen LogP contribution >= 0.6 is 22.7 Å². The van der Waals surface area contributed by atoms with Gasteiger partial charge in [0, 0.05) is 39.3 Å². The topological polar surface area (TPSA) is 45.7 Å². The Morgan fingerprint density at radius 2 is 2.20 bits per heavy atom. The second-order valence-electron chi connectivity index (χ2n) is 6.73. The number of aryl methyl sites for hydroxylation is 1. The summed E-state index contributed by atoms with van der Waals surface area (Å²) >= 11 is 3.19. The fourth-order valence-corrected chi connectivity index (χ4v) is 5.30. The molecule has 0 aromatic carbocycles. The number of aromatic nitrogens is 1. The number of ether oxygens (including phenoxy) is 1. The van der Waals surface area contributed by atoms with Crippen LogP contribution in [0.4, 0.5) is 0 Å². The number of rotatable bonds is 4. The Morgan fingerprint density at radius 1 is 1.36 bits per heavy atom. The molecule has 2 aromatic heterocycles. The summed E-state index contributed by atoms with van der Waals surface area (Å²) in [7, 11) is 0. The summed E-state index contributed by atoms with van der Waals surface area (Å²) in [5, 5.41) is 3.00. The van der Waals surface area contributed by atoms with Crippen LogP contribution in [-0.2, 0) is 4.74 Å². The number of thiazole rings is 1. The number of piperazine rings is 1. The van der Waals surface area contributed by atoms with Gasteiger partial charge in [0.15, 0.2) is 0 Å². The maximum atomic E-state index is 12.9. The quantitative estimate of drug-likeness (QED) is 0.822. The number of carbonyl (C=O) groups is 1. The van der Waals surface area contributed by atoms with Gasteiger partial charge in [-0.1, -0.05) is 6.07 Å². The highest BCUT2D eigenvalue weighted by atomic mass is 32.1. The van der Waals surface area contributed by atoms with E-state index in [1.165, 1.54) is 17.8 Å². The van der Waals surface area contributed by atoms with Crippen LogP contribution in [0.2, 0.25) is 0 Å². The number of thiophene rings is 1. The summed E-state index contributed by atoms with van der Waals surface area (Å²) in [4.78, 5) is 23.9. The van der Waals surface area contributed by atoms with E-state index >= 15 is 0 Å². The Bertz CT molecular complexity index is 715. The van der Waals surface area contributed by atoms with Gasteiger partial charge in [0.05, 0.1) is 17.2 Å². The van der Waals surface area contributed by atoms with E-state index in [1.807, 2.05) is 23.3 Å². The lowest BCUT2D eigenvalue weighted by Gasteiger charge is -2.35. The Hall–Kier alpha value is -1.28. The lowest BCUT2D eigenvalue weighted by Crippen LogP contribution is -2.49. The average Bonchev–Trinajstić information content (AvgIpc) is 3.36. The van der Waals surface area contributed by atoms with Crippen molar-refractivity contribution >= 4 is 28.6 Å². The normalized spacial score (nSPS) is 21.8. The number of hydrogen-bond acceptors (Lipinski definition) is 6. The molecule has 4 heterocycles. The van der Waals surface area contributed by atoms with Gasteiger partial charge >= 0.3 is 0 Å². The van der Waals surface area contributed by atoms with Crippen molar-refractivity contribution in [3.05, 3.63) is 28.1 Å². The fourth-order valence-electron chi connectivity index (χ4n) is 3.47. The number of carbonyl (C=O) groups excluding carboxylic acids is 1. The molecule has 0 saturated carbocycles. The van der Waals surface area contributed by atoms with E-state index in [0.717, 1.165) is 66.4 Å². The molecule has 2 aliphatic heterocycles. The van der Waals surface area contributed by atoms with E-state index in [4.69, 9.17) is 4.74 Å². The third kappa shape index (κ3) is 3.79. The first-order valence-electron chi connectivity index (χ1n) is 8.81. The standard InChI is InChI=1S/C18H23N3O2S2/c1-13-16(25-17(19-13)15-3-2-10-24-15)18(22)21-7-5-20(6-8-21)11-14-4-9-23-12-14/h2-3,10,14H,4-9,11-12H2,1H3. The molecule has 1 amide bonds. The highest BCUT2D eigenvalue weighted by Gasteiger charge is 2.27. The van der Waals surface area contributed by atoms with Gasteiger partial charge in [-0.3, -0.25) is 9.69 Å². The average molecular weight is 378 g/mol. The lowest BCUT2D eigenvalue weighted by molar-refractivity contribution is 0.0615. The number of nitrogens with zero attached hydrogens (tertiary/aromatic N) is 3. The third-order valence-corrected chi connectivity index (χ3v) is 7.11. The maximum absolute atomic E-state index is 12.9. The Kier molecular flexibility index (Phi) is 5.17. The smallest absolute Gasteiger partial charge is 0.265 e. The van der Waals surface area contributed by atoms with Gasteiger partial charge < -0.3 is 9.64 Å². The summed E-state index contributed by atoms with van der Waals surface area (Å²) in [6.07, 6.45) is 1.17. The van der Waals surface area contributed by atoms with Crippen molar-refractivity contribution in [1.29, 1.82) is 0 Å². The van der Waals surface area contributed by atoms with Gasteiger partial charge in [0.1, 0.15) is 9.88 Å². The summed E-state index contributed by atoms with van der Waals surface area (Å²) in [6, 6.07) is 4.08. The molecular weight excluding hydrogens is 354 g/mol. The summed E-state index contributed by atoms with van der Waals surface area (Å²) < 4.78 is 5.47. The van der Waals surface area contributed by atoms with Crippen LogP contribution < -0.4 is 0 Å². The minimum absolute atomic E-state index is 0.140. The van der Waals surface area contributed by atoms with Crippen molar-refractivity contribution in [1.82, 2.24) is 14.8 Å². The van der Waals surface area contributed by atoms with E-state index in [2.05, 4.69) is 16.0 Å². The van der Waals surface area contributed by atoms with Gasteiger partial charge in [0.2, 0.25) is 0 Å². The second-order valence-corrected chi connectivity index (χ2v) is 8.68. The van der Waals surface area contributed by atoms with Gasteiger partial charge in [-0.15, -0.1) is 22.7 Å². The van der Waals surface area contributed by atoms with Crippen molar-refractivity contribution in [2.45, 2.75) is 13.3 Å². The second kappa shape index (κ2) is 7.53. The molecule has 0 aliphatic carbocycles. The van der Waals surface area contributed by atoms with Crippen LogP contribution in [0, 0.1) is 12.8 Å². The zero-order chi connectivity index (χ0) is 17.2. The minimum atomic E-state index is 0.140. The summed E-state index contributed by atoms with van der Waals surface area (Å²) in [5.74, 6) is 0.806. The molecule has 0 bridgehead atoms. The highest BCUT2D eigenvalue weighted by Crippen LogP contribution is 2.31. The summed E-state index contributed by atoms with van der Waals surface area (Å²) in [6.45, 7) is 8.36. The molecule has 0 N–H and O–H groups in total. The third-order valence-electron chi connectivity index (χ3n) is 4.92. The SMILES string of the molecule is Cc1nc(-c2cccs2)sc1C(=O)N1CCN(CC2CCOC2)CC1. The molecule has 134 valence electrons. The molecule has 2 aromatic rings.